The van der Waals surface area contributed by atoms with E-state index < -0.39 is 12.2 Å². The van der Waals surface area contributed by atoms with Crippen LogP contribution in [0.15, 0.2) is 214 Å². The molecule has 0 fully saturated rings. The highest BCUT2D eigenvalue weighted by atomic mass is 16.3. The molecule has 1 N–H and O–H groups in total. The first-order valence-electron chi connectivity index (χ1n) is 20.7. The molecule has 0 radical (unpaired) electrons. The highest BCUT2D eigenvalue weighted by molar-refractivity contribution is 6.16. The SMILES string of the molecule is [2H]c1c([2H])c([2H])c(-c2cccc(C3=NC(c4cccc5c4oc4cc(-c6ccc(-c7ccc(-c8ccccc8)cc7)cc6)ccc45)N=C(c4ccccc4)N3)c2)c([2H])c1[2H]. The Hall–Kier alpha value is -7.30. The van der Waals surface area contributed by atoms with Crippen molar-refractivity contribution >= 4 is 33.6 Å². The zero-order chi connectivity index (χ0) is 40.9. The summed E-state index contributed by atoms with van der Waals surface area (Å²) in [6, 6.07) is 55.3. The molecule has 1 unspecified atom stereocenters. The van der Waals surface area contributed by atoms with Gasteiger partial charge >= 0.3 is 0 Å². The first kappa shape index (κ1) is 27.3. The molecule has 1 aromatic heterocycles. The number of fused-ring (bicyclic) bond motifs is 3. The van der Waals surface area contributed by atoms with E-state index in [4.69, 9.17) is 21.3 Å². The molecule has 0 saturated carbocycles. The van der Waals surface area contributed by atoms with E-state index in [1.54, 1.807) is 18.2 Å². The fourth-order valence-corrected chi connectivity index (χ4v) is 7.24. The van der Waals surface area contributed by atoms with Gasteiger partial charge in [-0.05, 0) is 62.7 Å². The Morgan fingerprint density at radius 3 is 1.60 bits per heavy atom. The molecule has 1 aliphatic heterocycles. The van der Waals surface area contributed by atoms with Crippen LogP contribution in [0.3, 0.4) is 0 Å². The van der Waals surface area contributed by atoms with E-state index in [0.717, 1.165) is 49.7 Å². The molecule has 9 aromatic rings. The Balaban J connectivity index is 1.01. The number of hydrogen-bond donors (Lipinski definition) is 1. The lowest BCUT2D eigenvalue weighted by Gasteiger charge is -2.22. The average Bonchev–Trinajstić information content (AvgIpc) is 3.69. The van der Waals surface area contributed by atoms with Crippen LogP contribution in [0.1, 0.15) is 29.7 Å². The van der Waals surface area contributed by atoms with Crippen LogP contribution in [0.25, 0.3) is 66.4 Å². The van der Waals surface area contributed by atoms with Crippen LogP contribution in [-0.2, 0) is 0 Å². The van der Waals surface area contributed by atoms with E-state index in [0.29, 0.717) is 28.4 Å². The summed E-state index contributed by atoms with van der Waals surface area (Å²) in [7, 11) is 0. The van der Waals surface area contributed by atoms with Crippen molar-refractivity contribution in [3.63, 3.8) is 0 Å². The maximum Gasteiger partial charge on any atom is 0.173 e. The van der Waals surface area contributed by atoms with Crippen LogP contribution >= 0.6 is 0 Å². The number of hydrogen-bond acceptors (Lipinski definition) is 4. The van der Waals surface area contributed by atoms with Gasteiger partial charge < -0.3 is 9.73 Å². The number of para-hydroxylation sites is 1. The monoisotopic (exact) mass is 710 g/mol. The molecule has 0 amide bonds. The minimum Gasteiger partial charge on any atom is -0.456 e. The molecule has 0 aliphatic carbocycles. The van der Waals surface area contributed by atoms with Gasteiger partial charge in [0.15, 0.2) is 6.17 Å². The lowest BCUT2D eigenvalue weighted by Crippen LogP contribution is -2.36. The zero-order valence-corrected chi connectivity index (χ0v) is 29.5. The number of rotatable bonds is 7. The lowest BCUT2D eigenvalue weighted by atomic mass is 9.97. The molecular weight excluding hydrogens is 671 g/mol. The molecule has 55 heavy (non-hydrogen) atoms. The van der Waals surface area contributed by atoms with Gasteiger partial charge in [-0.15, -0.1) is 0 Å². The van der Waals surface area contributed by atoms with Crippen molar-refractivity contribution < 1.29 is 11.3 Å². The van der Waals surface area contributed by atoms with Crippen molar-refractivity contribution in [1.82, 2.24) is 5.32 Å². The van der Waals surface area contributed by atoms with Gasteiger partial charge in [-0.1, -0.05) is 182 Å². The summed E-state index contributed by atoms with van der Waals surface area (Å²) in [6.07, 6.45) is -0.682. The maximum absolute atomic E-state index is 8.58. The fourth-order valence-electron chi connectivity index (χ4n) is 7.24. The Labute approximate surface area is 326 Å². The summed E-state index contributed by atoms with van der Waals surface area (Å²) in [5.41, 5.74) is 11.2. The number of furan rings is 1. The van der Waals surface area contributed by atoms with Gasteiger partial charge in [-0.3, -0.25) is 0 Å². The van der Waals surface area contributed by atoms with E-state index in [1.807, 2.05) is 54.6 Å². The van der Waals surface area contributed by atoms with E-state index in [1.165, 1.54) is 11.1 Å². The van der Waals surface area contributed by atoms with E-state index in [-0.39, 0.29) is 29.7 Å². The Bertz CT molecular complexity index is 3130. The number of nitrogens with zero attached hydrogens (tertiary/aromatic N) is 2. The number of aliphatic imine (C=N–C) groups is 2. The molecule has 1 atom stereocenters. The highest BCUT2D eigenvalue weighted by Crippen LogP contribution is 2.38. The molecule has 0 spiro atoms. The van der Waals surface area contributed by atoms with E-state index >= 15 is 0 Å². The summed E-state index contributed by atoms with van der Waals surface area (Å²) in [5, 5.41) is 5.37. The van der Waals surface area contributed by atoms with Gasteiger partial charge in [0.1, 0.15) is 22.8 Å². The van der Waals surface area contributed by atoms with Crippen molar-refractivity contribution in [2.45, 2.75) is 6.17 Å². The molecule has 2 heterocycles. The van der Waals surface area contributed by atoms with Gasteiger partial charge in [-0.25, -0.2) is 9.98 Å². The van der Waals surface area contributed by atoms with E-state index in [9.17, 15) is 0 Å². The van der Waals surface area contributed by atoms with Crippen molar-refractivity contribution in [3.05, 3.63) is 217 Å². The standard InChI is InChI=1S/C51H35N3O/c1-4-12-34(13-5-1)36-22-24-37(25-23-36)38-26-28-39(29-27-38)42-30-31-44-45-20-11-21-46(48(45)55-47(44)33-42)51-53-49(40-16-8-3-9-17-40)52-50(54-51)43-19-10-18-41(32-43)35-14-6-2-7-15-35/h1-33,51H,(H,52,53,54)/i2D,6D,7D,14D,15D. The summed E-state index contributed by atoms with van der Waals surface area (Å²) in [4.78, 5) is 10.2. The first-order valence-corrected chi connectivity index (χ1v) is 18.2. The number of benzene rings is 8. The normalized spacial score (nSPS) is 15.3. The maximum atomic E-state index is 8.58. The Morgan fingerprint density at radius 2 is 0.927 bits per heavy atom. The van der Waals surface area contributed by atoms with Crippen LogP contribution in [0.2, 0.25) is 0 Å². The second-order valence-electron chi connectivity index (χ2n) is 13.5. The van der Waals surface area contributed by atoms with Gasteiger partial charge in [0.05, 0.1) is 6.85 Å². The molecule has 0 bridgehead atoms. The highest BCUT2D eigenvalue weighted by Gasteiger charge is 2.24. The molecule has 0 saturated heterocycles. The minimum absolute atomic E-state index is 0.129. The third kappa shape index (κ3) is 6.30. The predicted octanol–water partition coefficient (Wildman–Crippen LogP) is 12.7. The second-order valence-corrected chi connectivity index (χ2v) is 13.5. The predicted molar refractivity (Wildman–Crippen MR) is 227 cm³/mol. The molecule has 4 heteroatoms. The van der Waals surface area contributed by atoms with Crippen LogP contribution < -0.4 is 5.32 Å². The first-order chi connectivity index (χ1) is 29.3. The molecule has 1 aliphatic rings. The third-order valence-corrected chi connectivity index (χ3v) is 10.1. The van der Waals surface area contributed by atoms with Gasteiger partial charge in [-0.2, -0.15) is 0 Å². The van der Waals surface area contributed by atoms with Crippen LogP contribution in [0.5, 0.6) is 0 Å². The van der Waals surface area contributed by atoms with Crippen molar-refractivity contribution in [3.8, 4) is 44.5 Å². The smallest absolute Gasteiger partial charge is 0.173 e. The fraction of sp³-hybridized carbons (Fsp3) is 0.0196. The number of amidine groups is 2. The van der Waals surface area contributed by atoms with Crippen molar-refractivity contribution in [2.75, 3.05) is 0 Å². The lowest BCUT2D eigenvalue weighted by molar-refractivity contribution is 0.649. The minimum atomic E-state index is -0.682. The average molecular weight is 711 g/mol. The topological polar surface area (TPSA) is 49.9 Å². The summed E-state index contributed by atoms with van der Waals surface area (Å²) < 4.78 is 48.4. The zero-order valence-electron chi connectivity index (χ0n) is 34.5. The second kappa shape index (κ2) is 13.9. The van der Waals surface area contributed by atoms with E-state index in [2.05, 4.69) is 102 Å². The van der Waals surface area contributed by atoms with Gasteiger partial charge in [0, 0.05) is 27.5 Å². The Morgan fingerprint density at radius 1 is 0.418 bits per heavy atom. The van der Waals surface area contributed by atoms with Gasteiger partial charge in [0.25, 0.3) is 0 Å². The summed E-state index contributed by atoms with van der Waals surface area (Å²) in [6.45, 7) is 0. The van der Waals surface area contributed by atoms with Crippen molar-refractivity contribution in [1.29, 1.82) is 0 Å². The quantitative estimate of drug-likeness (QED) is 0.179. The van der Waals surface area contributed by atoms with Crippen LogP contribution in [0.4, 0.5) is 0 Å². The third-order valence-electron chi connectivity index (χ3n) is 10.1. The largest absolute Gasteiger partial charge is 0.456 e. The number of nitrogens with one attached hydrogen (secondary N) is 1. The molecule has 4 nitrogen and oxygen atoms in total. The molecule has 10 rings (SSSR count). The van der Waals surface area contributed by atoms with Crippen LogP contribution in [0, 0.1) is 0 Å². The summed E-state index contributed by atoms with van der Waals surface area (Å²) in [5.74, 6) is 1.14. The van der Waals surface area contributed by atoms with Crippen LogP contribution in [-0.4, -0.2) is 11.7 Å². The summed E-state index contributed by atoms with van der Waals surface area (Å²) >= 11 is 0. The van der Waals surface area contributed by atoms with Gasteiger partial charge in [0.2, 0.25) is 0 Å². The van der Waals surface area contributed by atoms with Crippen molar-refractivity contribution in [2.24, 2.45) is 9.98 Å². The molecule has 8 aromatic carbocycles. The molecule has 260 valence electrons. The molecular formula is C51H35N3O. The Kier molecular flexibility index (Phi) is 6.92.